The minimum atomic E-state index is -4.49. The smallest absolute Gasteiger partial charge is 0.400 e. The third-order valence-corrected chi connectivity index (χ3v) is 1.47. The van der Waals surface area contributed by atoms with E-state index in [1.165, 1.54) is 0 Å². The van der Waals surface area contributed by atoms with Crippen LogP contribution in [0.5, 0.6) is 0 Å². The minimum Gasteiger partial charge on any atom is -0.409 e. The van der Waals surface area contributed by atoms with Crippen LogP contribution in [-0.4, -0.2) is 30.3 Å². The molecule has 0 radical (unpaired) electrons. The molecule has 7 heteroatoms. The summed E-state index contributed by atoms with van der Waals surface area (Å²) in [6.45, 7) is 1.68. The summed E-state index contributed by atoms with van der Waals surface area (Å²) in [6.07, 6.45) is -4.49. The van der Waals surface area contributed by atoms with Crippen molar-refractivity contribution < 1.29 is 18.4 Å². The Bertz CT molecular complexity index is 180. The Kier molecular flexibility index (Phi) is 4.53. The van der Waals surface area contributed by atoms with E-state index in [0.717, 1.165) is 0 Å². The predicted molar refractivity (Wildman–Crippen MR) is 41.5 cm³/mol. The van der Waals surface area contributed by atoms with E-state index in [0.29, 0.717) is 6.54 Å². The summed E-state index contributed by atoms with van der Waals surface area (Å²) in [7, 11) is 0. The van der Waals surface area contributed by atoms with Gasteiger partial charge >= 0.3 is 6.18 Å². The van der Waals surface area contributed by atoms with Crippen LogP contribution in [0.25, 0.3) is 0 Å². The van der Waals surface area contributed by atoms with Crippen molar-refractivity contribution in [2.45, 2.75) is 13.1 Å². The van der Waals surface area contributed by atoms with Gasteiger partial charge in [0, 0.05) is 6.54 Å². The van der Waals surface area contributed by atoms with Crippen molar-refractivity contribution in [1.29, 1.82) is 0 Å². The highest BCUT2D eigenvalue weighted by Gasteiger charge is 2.42. The second-order valence-electron chi connectivity index (χ2n) is 2.43. The number of hydrogen-bond acceptors (Lipinski definition) is 3. The summed E-state index contributed by atoms with van der Waals surface area (Å²) in [6, 6.07) is 0. The molecule has 0 aliphatic carbocycles. The molecule has 0 saturated heterocycles. The minimum absolute atomic E-state index is 0.379. The van der Waals surface area contributed by atoms with Gasteiger partial charge in [-0.15, -0.1) is 0 Å². The molecule has 4 N–H and O–H groups in total. The SMILES string of the molecule is CCNCC(C(N)=NO)C(F)(F)F. The first-order valence-electron chi connectivity index (χ1n) is 3.68. The molecule has 0 heterocycles. The Hall–Kier alpha value is -0.980. The van der Waals surface area contributed by atoms with E-state index in [-0.39, 0.29) is 6.54 Å². The first kappa shape index (κ1) is 12.0. The summed E-state index contributed by atoms with van der Waals surface area (Å²) in [5.74, 6) is -2.76. The number of hydrogen-bond donors (Lipinski definition) is 3. The van der Waals surface area contributed by atoms with Gasteiger partial charge in [0.05, 0.1) is 0 Å². The van der Waals surface area contributed by atoms with Crippen molar-refractivity contribution in [2.24, 2.45) is 16.8 Å². The molecule has 1 unspecified atom stereocenters. The van der Waals surface area contributed by atoms with E-state index >= 15 is 0 Å². The zero-order chi connectivity index (χ0) is 10.5. The lowest BCUT2D eigenvalue weighted by molar-refractivity contribution is -0.154. The molecule has 0 aromatic heterocycles. The van der Waals surface area contributed by atoms with E-state index in [4.69, 9.17) is 10.9 Å². The molecule has 4 nitrogen and oxygen atoms in total. The fourth-order valence-electron chi connectivity index (χ4n) is 0.746. The largest absolute Gasteiger partial charge is 0.409 e. The Labute approximate surface area is 73.6 Å². The second-order valence-corrected chi connectivity index (χ2v) is 2.43. The number of nitrogens with zero attached hydrogens (tertiary/aromatic N) is 1. The highest BCUT2D eigenvalue weighted by Crippen LogP contribution is 2.25. The molecule has 0 fully saturated rings. The Morgan fingerprint density at radius 2 is 2.15 bits per heavy atom. The van der Waals surface area contributed by atoms with E-state index in [1.54, 1.807) is 6.92 Å². The summed E-state index contributed by atoms with van der Waals surface area (Å²) >= 11 is 0. The van der Waals surface area contributed by atoms with Gasteiger partial charge in [0.15, 0.2) is 5.84 Å². The topological polar surface area (TPSA) is 70.6 Å². The maximum Gasteiger partial charge on any atom is 0.400 e. The molecule has 0 saturated carbocycles. The third-order valence-electron chi connectivity index (χ3n) is 1.47. The van der Waals surface area contributed by atoms with Gasteiger partial charge in [-0.3, -0.25) is 0 Å². The average Bonchev–Trinajstić information content (AvgIpc) is 2.02. The molecule has 78 valence electrons. The van der Waals surface area contributed by atoms with Crippen LogP contribution in [0.1, 0.15) is 6.92 Å². The van der Waals surface area contributed by atoms with Crippen molar-refractivity contribution in [1.82, 2.24) is 5.32 Å². The van der Waals surface area contributed by atoms with E-state index < -0.39 is 17.9 Å². The van der Waals surface area contributed by atoms with Crippen molar-refractivity contribution in [3.05, 3.63) is 0 Å². The van der Waals surface area contributed by atoms with Gasteiger partial charge in [0.25, 0.3) is 0 Å². The molecule has 0 aliphatic rings. The van der Waals surface area contributed by atoms with Crippen LogP contribution in [0.4, 0.5) is 13.2 Å². The molecule has 0 amide bonds. The quantitative estimate of drug-likeness (QED) is 0.267. The van der Waals surface area contributed by atoms with Gasteiger partial charge in [0.2, 0.25) is 0 Å². The van der Waals surface area contributed by atoms with Crippen LogP contribution < -0.4 is 11.1 Å². The molecule has 13 heavy (non-hydrogen) atoms. The molecule has 0 aliphatic heterocycles. The van der Waals surface area contributed by atoms with Gasteiger partial charge < -0.3 is 16.3 Å². The number of rotatable bonds is 4. The summed E-state index contributed by atoms with van der Waals surface area (Å²) < 4.78 is 36.5. The normalized spacial score (nSPS) is 15.8. The van der Waals surface area contributed by atoms with Gasteiger partial charge in [-0.1, -0.05) is 12.1 Å². The van der Waals surface area contributed by atoms with Crippen molar-refractivity contribution in [2.75, 3.05) is 13.1 Å². The standard InChI is InChI=1S/C6H12F3N3O/c1-2-11-3-4(5(10)12-13)6(7,8)9/h4,11,13H,2-3H2,1H3,(H2,10,12). The molecule has 0 bridgehead atoms. The van der Waals surface area contributed by atoms with Crippen LogP contribution >= 0.6 is 0 Å². The number of alkyl halides is 3. The van der Waals surface area contributed by atoms with Gasteiger partial charge in [-0.25, -0.2) is 0 Å². The van der Waals surface area contributed by atoms with Gasteiger partial charge in [-0.05, 0) is 6.54 Å². The number of nitrogens with one attached hydrogen (secondary N) is 1. The third kappa shape index (κ3) is 3.97. The van der Waals surface area contributed by atoms with Crippen LogP contribution in [-0.2, 0) is 0 Å². The fraction of sp³-hybridized carbons (Fsp3) is 0.833. The molecule has 0 spiro atoms. The summed E-state index contributed by atoms with van der Waals surface area (Å²) in [5, 5.41) is 12.9. The van der Waals surface area contributed by atoms with Gasteiger partial charge in [0.1, 0.15) is 5.92 Å². The van der Waals surface area contributed by atoms with Crippen LogP contribution in [0.15, 0.2) is 5.16 Å². The maximum absolute atomic E-state index is 12.2. The molecule has 0 aromatic carbocycles. The summed E-state index contributed by atoms with van der Waals surface area (Å²) in [4.78, 5) is 0. The highest BCUT2D eigenvalue weighted by atomic mass is 19.4. The van der Waals surface area contributed by atoms with E-state index in [9.17, 15) is 13.2 Å². The Balaban J connectivity index is 4.38. The van der Waals surface area contributed by atoms with Crippen LogP contribution in [0, 0.1) is 5.92 Å². The summed E-state index contributed by atoms with van der Waals surface area (Å²) in [5.41, 5.74) is 4.88. The zero-order valence-corrected chi connectivity index (χ0v) is 7.10. The average molecular weight is 199 g/mol. The molecular formula is C6H12F3N3O. The molecule has 1 atom stereocenters. The molecular weight excluding hydrogens is 187 g/mol. The number of nitrogens with two attached hydrogens (primary N) is 1. The molecule has 0 aromatic rings. The lowest BCUT2D eigenvalue weighted by atomic mass is 10.1. The monoisotopic (exact) mass is 199 g/mol. The van der Waals surface area contributed by atoms with Crippen molar-refractivity contribution in [3.8, 4) is 0 Å². The number of oxime groups is 1. The lowest BCUT2D eigenvalue weighted by Crippen LogP contribution is -2.42. The lowest BCUT2D eigenvalue weighted by Gasteiger charge is -2.18. The molecule has 0 rings (SSSR count). The highest BCUT2D eigenvalue weighted by molar-refractivity contribution is 5.83. The second kappa shape index (κ2) is 4.90. The first-order chi connectivity index (χ1) is 5.93. The zero-order valence-electron chi connectivity index (χ0n) is 7.10. The maximum atomic E-state index is 12.2. The van der Waals surface area contributed by atoms with Crippen LogP contribution in [0.2, 0.25) is 0 Å². The number of amidine groups is 1. The van der Waals surface area contributed by atoms with Crippen molar-refractivity contribution in [3.63, 3.8) is 0 Å². The van der Waals surface area contributed by atoms with Gasteiger partial charge in [-0.2, -0.15) is 13.2 Å². The first-order valence-corrected chi connectivity index (χ1v) is 3.68. The fourth-order valence-corrected chi connectivity index (χ4v) is 0.746. The Morgan fingerprint density at radius 1 is 1.62 bits per heavy atom. The Morgan fingerprint density at radius 3 is 2.46 bits per heavy atom. The van der Waals surface area contributed by atoms with E-state index in [2.05, 4.69) is 10.5 Å². The predicted octanol–water partition coefficient (Wildman–Crippen LogP) is 0.521. The van der Waals surface area contributed by atoms with E-state index in [1.807, 2.05) is 0 Å². The van der Waals surface area contributed by atoms with Crippen molar-refractivity contribution >= 4 is 5.84 Å². The number of halogens is 3. The van der Waals surface area contributed by atoms with Crippen LogP contribution in [0.3, 0.4) is 0 Å².